The molecule has 11 heavy (non-hydrogen) atoms. The van der Waals surface area contributed by atoms with Gasteiger partial charge in [-0.1, -0.05) is 0 Å². The first-order chi connectivity index (χ1) is 5.42. The van der Waals surface area contributed by atoms with Gasteiger partial charge in [-0.25, -0.2) is 0 Å². The van der Waals surface area contributed by atoms with E-state index in [4.69, 9.17) is 5.26 Å². The van der Waals surface area contributed by atoms with Gasteiger partial charge < -0.3 is 0 Å². The van der Waals surface area contributed by atoms with Crippen LogP contribution in [0.3, 0.4) is 0 Å². The molecule has 0 spiro atoms. The molecule has 2 heteroatoms. The molecule has 0 unspecified atom stereocenters. The van der Waals surface area contributed by atoms with Crippen molar-refractivity contribution in [2.75, 3.05) is 0 Å². The van der Waals surface area contributed by atoms with Gasteiger partial charge in [-0.05, 0) is 0 Å². The van der Waals surface area contributed by atoms with Crippen molar-refractivity contribution in [3.63, 3.8) is 0 Å². The van der Waals surface area contributed by atoms with Gasteiger partial charge in [0.1, 0.15) is 0 Å². The number of nitriles is 1. The predicted molar refractivity (Wildman–Crippen MR) is 45.6 cm³/mol. The summed E-state index contributed by atoms with van der Waals surface area (Å²) >= 11 is -0.0973. The second-order valence-electron chi connectivity index (χ2n) is 2.25. The van der Waals surface area contributed by atoms with Gasteiger partial charge in [0, 0.05) is 0 Å². The van der Waals surface area contributed by atoms with Gasteiger partial charge in [0.05, 0.1) is 0 Å². The average Bonchev–Trinajstić information content (AvgIpc) is 2.50. The van der Waals surface area contributed by atoms with Gasteiger partial charge in [-0.15, -0.1) is 0 Å². The van der Waals surface area contributed by atoms with Crippen LogP contribution >= 0.6 is 0 Å². The summed E-state index contributed by atoms with van der Waals surface area (Å²) in [5.41, 5.74) is 0.821. The number of rotatable bonds is 0. The normalized spacial score (nSPS) is 9.73. The van der Waals surface area contributed by atoms with Crippen molar-refractivity contribution in [2.24, 2.45) is 0 Å². The fourth-order valence-electron chi connectivity index (χ4n) is 1.09. The molecule has 0 saturated carbocycles. The third-order valence-corrected chi connectivity index (χ3v) is 4.13. The number of hydrogen-bond acceptors (Lipinski definition) is 1. The first-order valence-corrected chi connectivity index (χ1v) is 5.79. The topological polar surface area (TPSA) is 23.8 Å². The van der Waals surface area contributed by atoms with Crippen molar-refractivity contribution in [1.29, 1.82) is 5.26 Å². The van der Waals surface area contributed by atoms with Crippen LogP contribution in [0.25, 0.3) is 8.79 Å². The van der Waals surface area contributed by atoms with E-state index in [1.807, 2.05) is 12.1 Å². The van der Waals surface area contributed by atoms with Gasteiger partial charge in [0.25, 0.3) is 0 Å². The van der Waals surface area contributed by atoms with Gasteiger partial charge in [-0.3, -0.25) is 0 Å². The zero-order valence-electron chi connectivity index (χ0n) is 5.74. The van der Waals surface area contributed by atoms with Gasteiger partial charge in [-0.2, -0.15) is 0 Å². The molecule has 1 aromatic heterocycles. The molecule has 0 aliphatic rings. The van der Waals surface area contributed by atoms with Crippen LogP contribution in [0.5, 0.6) is 0 Å². The molecule has 1 heterocycles. The van der Waals surface area contributed by atoms with E-state index in [-0.39, 0.29) is 20.4 Å². The van der Waals surface area contributed by atoms with Crippen molar-refractivity contribution < 1.29 is 0 Å². The van der Waals surface area contributed by atoms with Crippen molar-refractivity contribution in [2.45, 2.75) is 0 Å². The van der Waals surface area contributed by atoms with Crippen LogP contribution < -0.4 is 0 Å². The van der Waals surface area contributed by atoms with Crippen LogP contribution in [0, 0.1) is 11.3 Å². The number of benzene rings is 1. The Kier molecular flexibility index (Phi) is 1.70. The molecule has 0 aliphatic heterocycles. The van der Waals surface area contributed by atoms with Gasteiger partial charge in [0.15, 0.2) is 0 Å². The molecule has 0 fully saturated rings. The van der Waals surface area contributed by atoms with E-state index in [1.54, 1.807) is 0 Å². The van der Waals surface area contributed by atoms with Crippen LogP contribution in [0.15, 0.2) is 28.3 Å². The Balaban J connectivity index is 2.92. The van der Waals surface area contributed by atoms with E-state index in [0.717, 1.165) is 10.9 Å². The van der Waals surface area contributed by atoms with Crippen molar-refractivity contribution in [3.8, 4) is 6.07 Å². The first kappa shape index (κ1) is 6.92. The van der Waals surface area contributed by atoms with E-state index in [9.17, 15) is 0 Å². The third-order valence-electron chi connectivity index (χ3n) is 1.62. The van der Waals surface area contributed by atoms with Gasteiger partial charge >= 0.3 is 74.5 Å². The zero-order valence-corrected chi connectivity index (χ0v) is 8.07. The Hall–Kier alpha value is -0.760. The fourth-order valence-corrected chi connectivity index (χ4v) is 3.41. The second kappa shape index (κ2) is 2.70. The quantitative estimate of drug-likeness (QED) is 0.658. The summed E-state index contributed by atoms with van der Waals surface area (Å²) in [4.78, 5) is 0. The minimum atomic E-state index is -0.0973. The van der Waals surface area contributed by atoms with Crippen molar-refractivity contribution >= 4 is 29.2 Å². The van der Waals surface area contributed by atoms with Gasteiger partial charge in [0.2, 0.25) is 0 Å². The van der Waals surface area contributed by atoms with E-state index in [2.05, 4.69) is 22.3 Å². The molecule has 0 atom stereocenters. The molecule has 52 valence electrons. The Morgan fingerprint density at radius 1 is 1.27 bits per heavy atom. The van der Waals surface area contributed by atoms with E-state index in [1.165, 1.54) is 3.40 Å². The monoisotopic (exact) mass is 257 g/mol. The molecule has 0 saturated heterocycles. The standard InChI is InChI=1S/C9H5NTe/c10-6-7-2-1-3-9-8(7)4-5-11-9/h1-5H. The molecular weight excluding hydrogens is 250 g/mol. The number of hydrogen-bond donors (Lipinski definition) is 0. The van der Waals surface area contributed by atoms with Crippen molar-refractivity contribution in [1.82, 2.24) is 0 Å². The Morgan fingerprint density at radius 2 is 2.18 bits per heavy atom. The molecular formula is C9H5NTe. The molecule has 0 amide bonds. The second-order valence-corrected chi connectivity index (χ2v) is 4.95. The summed E-state index contributed by atoms with van der Waals surface area (Å²) in [6.07, 6.45) is 0. The molecule has 1 nitrogen and oxygen atoms in total. The molecule has 1 aromatic carbocycles. The van der Waals surface area contributed by atoms with Crippen LogP contribution in [0.2, 0.25) is 0 Å². The van der Waals surface area contributed by atoms with Crippen LogP contribution in [-0.4, -0.2) is 20.4 Å². The molecule has 2 aromatic rings. The molecule has 0 N–H and O–H groups in total. The van der Waals surface area contributed by atoms with E-state index >= 15 is 0 Å². The summed E-state index contributed by atoms with van der Waals surface area (Å²) < 4.78 is 3.62. The maximum absolute atomic E-state index is 8.73. The third kappa shape index (κ3) is 1.07. The summed E-state index contributed by atoms with van der Waals surface area (Å²) in [5.74, 6) is 0. The van der Waals surface area contributed by atoms with E-state index in [0.29, 0.717) is 0 Å². The Bertz CT molecular complexity index is 422. The first-order valence-electron chi connectivity index (χ1n) is 3.28. The maximum atomic E-state index is 8.73. The van der Waals surface area contributed by atoms with E-state index < -0.39 is 0 Å². The summed E-state index contributed by atoms with van der Waals surface area (Å²) in [6.45, 7) is 0. The van der Waals surface area contributed by atoms with Crippen molar-refractivity contribution in [3.05, 3.63) is 33.9 Å². The fraction of sp³-hybridized carbons (Fsp3) is 0. The SMILES string of the molecule is N#Cc1cccc2[te]ccc12. The molecule has 2 rings (SSSR count). The zero-order chi connectivity index (χ0) is 7.68. The summed E-state index contributed by atoms with van der Waals surface area (Å²) in [5, 5.41) is 9.90. The predicted octanol–water partition coefficient (Wildman–Crippen LogP) is 1.77. The molecule has 0 bridgehead atoms. The molecule has 0 radical (unpaired) electrons. The van der Waals surface area contributed by atoms with Crippen LogP contribution in [0.1, 0.15) is 5.56 Å². The Morgan fingerprint density at radius 3 is 3.00 bits per heavy atom. The number of fused-ring (bicyclic) bond motifs is 1. The average molecular weight is 255 g/mol. The number of nitrogens with zero attached hydrogens (tertiary/aromatic N) is 1. The Labute approximate surface area is 74.5 Å². The summed E-state index contributed by atoms with van der Waals surface area (Å²) in [7, 11) is 0. The van der Waals surface area contributed by atoms with Crippen LogP contribution in [-0.2, 0) is 0 Å². The van der Waals surface area contributed by atoms with Crippen LogP contribution in [0.4, 0.5) is 0 Å². The minimum absolute atomic E-state index is 0.0973. The molecule has 0 aliphatic carbocycles. The summed E-state index contributed by atoms with van der Waals surface area (Å²) in [6, 6.07) is 10.2.